The van der Waals surface area contributed by atoms with E-state index in [0.29, 0.717) is 44.0 Å². The largest absolute Gasteiger partial charge is 0.495 e. The number of methoxy groups -OCH3 is 1. The molecule has 0 aliphatic rings. The number of carbonyl (C=O) groups is 1. The third-order valence-corrected chi connectivity index (χ3v) is 5.83. The lowest BCUT2D eigenvalue weighted by atomic mass is 10.2. The van der Waals surface area contributed by atoms with Gasteiger partial charge in [0.15, 0.2) is 5.16 Å². The Morgan fingerprint density at radius 2 is 2.10 bits per heavy atom. The van der Waals surface area contributed by atoms with Crippen LogP contribution in [0.3, 0.4) is 0 Å². The number of fused-ring (bicyclic) bond motifs is 1. The molecular weight excluding hydrogens is 439 g/mol. The van der Waals surface area contributed by atoms with E-state index in [1.165, 1.54) is 24.9 Å². The Morgan fingerprint density at radius 3 is 2.90 bits per heavy atom. The molecule has 6 nitrogen and oxygen atoms in total. The topological polar surface area (TPSA) is 69.0 Å². The zero-order chi connectivity index (χ0) is 21.8. The van der Waals surface area contributed by atoms with Crippen molar-refractivity contribution in [1.82, 2.24) is 14.5 Å². The van der Waals surface area contributed by atoms with Crippen molar-refractivity contribution in [2.45, 2.75) is 17.5 Å². The van der Waals surface area contributed by atoms with Gasteiger partial charge in [0, 0.05) is 17.0 Å². The van der Waals surface area contributed by atoms with Crippen molar-refractivity contribution in [1.29, 1.82) is 0 Å². The summed E-state index contributed by atoms with van der Waals surface area (Å²) in [4.78, 5) is 21.6. The number of thioether (sulfide) groups is 1. The number of carbonyl (C=O) groups excluding carboxylic acids is 1. The number of anilines is 1. The molecule has 0 saturated carbocycles. The number of halogens is 2. The summed E-state index contributed by atoms with van der Waals surface area (Å²) in [6, 6.07) is 13.4. The van der Waals surface area contributed by atoms with Gasteiger partial charge < -0.3 is 14.6 Å². The molecule has 2 aromatic carbocycles. The first kappa shape index (κ1) is 21.1. The molecular formula is C22H18ClFN4O2S. The van der Waals surface area contributed by atoms with Gasteiger partial charge in [0.05, 0.1) is 30.0 Å². The third-order valence-electron chi connectivity index (χ3n) is 4.57. The van der Waals surface area contributed by atoms with Crippen LogP contribution in [0.15, 0.2) is 66.1 Å². The van der Waals surface area contributed by atoms with E-state index in [-0.39, 0.29) is 18.3 Å². The molecule has 0 unspecified atom stereocenters. The Labute approximate surface area is 187 Å². The number of aromatic nitrogens is 3. The Morgan fingerprint density at radius 1 is 1.26 bits per heavy atom. The molecule has 0 bridgehead atoms. The zero-order valence-electron chi connectivity index (χ0n) is 16.5. The number of hydrogen-bond acceptors (Lipinski definition) is 5. The van der Waals surface area contributed by atoms with E-state index in [2.05, 4.69) is 15.3 Å². The Kier molecular flexibility index (Phi) is 6.39. The monoisotopic (exact) mass is 456 g/mol. The van der Waals surface area contributed by atoms with Crippen LogP contribution >= 0.6 is 23.4 Å². The fraction of sp³-hybridized carbons (Fsp3) is 0.136. The highest BCUT2D eigenvalue weighted by Gasteiger charge is 2.16. The van der Waals surface area contributed by atoms with Crippen LogP contribution < -0.4 is 10.1 Å². The molecule has 31 heavy (non-hydrogen) atoms. The Hall–Kier alpha value is -3.10. The molecule has 2 heterocycles. The normalized spacial score (nSPS) is 10.9. The molecule has 9 heteroatoms. The molecule has 1 amide bonds. The number of rotatable bonds is 7. The summed E-state index contributed by atoms with van der Waals surface area (Å²) in [6.07, 6.45) is 3.30. The predicted molar refractivity (Wildman–Crippen MR) is 120 cm³/mol. The number of pyridine rings is 1. The fourth-order valence-electron chi connectivity index (χ4n) is 3.08. The Balaban J connectivity index is 1.59. The van der Waals surface area contributed by atoms with E-state index in [4.69, 9.17) is 16.3 Å². The summed E-state index contributed by atoms with van der Waals surface area (Å²) in [5.41, 5.74) is 2.46. The van der Waals surface area contributed by atoms with Gasteiger partial charge in [-0.25, -0.2) is 9.37 Å². The summed E-state index contributed by atoms with van der Waals surface area (Å²) in [5, 5.41) is 3.91. The lowest BCUT2D eigenvalue weighted by molar-refractivity contribution is -0.116. The number of ether oxygens (including phenoxy) is 1. The maximum Gasteiger partial charge on any atom is 0.244 e. The molecule has 0 radical (unpaired) electrons. The van der Waals surface area contributed by atoms with Gasteiger partial charge in [0.2, 0.25) is 5.91 Å². The minimum Gasteiger partial charge on any atom is -0.495 e. The molecule has 2 aromatic heterocycles. The van der Waals surface area contributed by atoms with Crippen molar-refractivity contribution in [2.75, 3.05) is 12.4 Å². The molecule has 0 fully saturated rings. The summed E-state index contributed by atoms with van der Waals surface area (Å²) in [6.45, 7) is -0.00251. The van der Waals surface area contributed by atoms with Crippen molar-refractivity contribution < 1.29 is 13.9 Å². The molecule has 4 rings (SSSR count). The standard InChI is InChI=1S/C22H18ClFN4O2S/c1-30-20-7-6-15(23)10-18(20)26-21(29)12-28-19-11-25-9-8-17(19)27-22(28)31-13-14-4-2-3-5-16(14)24/h2-11H,12-13H2,1H3,(H,26,29). The van der Waals surface area contributed by atoms with Crippen molar-refractivity contribution in [3.05, 3.63) is 77.3 Å². The second kappa shape index (κ2) is 9.36. The van der Waals surface area contributed by atoms with Crippen LogP contribution in [0.2, 0.25) is 5.02 Å². The van der Waals surface area contributed by atoms with Crippen LogP contribution in [0.1, 0.15) is 5.56 Å². The van der Waals surface area contributed by atoms with Gasteiger partial charge in [0.1, 0.15) is 18.1 Å². The minimum atomic E-state index is -0.281. The van der Waals surface area contributed by atoms with Crippen LogP contribution in [0, 0.1) is 5.82 Å². The first-order valence-corrected chi connectivity index (χ1v) is 10.7. The third kappa shape index (κ3) is 4.81. The van der Waals surface area contributed by atoms with Crippen molar-refractivity contribution >= 4 is 46.0 Å². The SMILES string of the molecule is COc1ccc(Cl)cc1NC(=O)Cn1c(SCc2ccccc2F)nc2ccncc21. The van der Waals surface area contributed by atoms with Crippen LogP contribution in [0.5, 0.6) is 5.75 Å². The van der Waals surface area contributed by atoms with Gasteiger partial charge in [-0.3, -0.25) is 9.78 Å². The first-order chi connectivity index (χ1) is 15.0. The average Bonchev–Trinajstić information content (AvgIpc) is 3.10. The zero-order valence-corrected chi connectivity index (χ0v) is 18.1. The van der Waals surface area contributed by atoms with E-state index in [0.717, 1.165) is 0 Å². The van der Waals surface area contributed by atoms with E-state index >= 15 is 0 Å². The van der Waals surface area contributed by atoms with Gasteiger partial charge in [-0.15, -0.1) is 0 Å². The minimum absolute atomic E-state index is 0.00251. The van der Waals surface area contributed by atoms with Gasteiger partial charge >= 0.3 is 0 Å². The molecule has 4 aromatic rings. The van der Waals surface area contributed by atoms with Crippen molar-refractivity contribution in [3.8, 4) is 5.75 Å². The number of imidazole rings is 1. The molecule has 158 valence electrons. The number of nitrogens with zero attached hydrogens (tertiary/aromatic N) is 3. The van der Waals surface area contributed by atoms with E-state index in [1.54, 1.807) is 59.4 Å². The quantitative estimate of drug-likeness (QED) is 0.389. The lowest BCUT2D eigenvalue weighted by Gasteiger charge is -2.12. The highest BCUT2D eigenvalue weighted by Crippen LogP contribution is 2.29. The van der Waals surface area contributed by atoms with Crippen LogP contribution in [-0.4, -0.2) is 27.6 Å². The van der Waals surface area contributed by atoms with Gasteiger partial charge in [0.25, 0.3) is 0 Å². The molecule has 1 N–H and O–H groups in total. The number of hydrogen-bond donors (Lipinski definition) is 1. The molecule has 0 atom stereocenters. The molecule has 0 aliphatic heterocycles. The maximum atomic E-state index is 14.0. The fourth-order valence-corrected chi connectivity index (χ4v) is 4.25. The number of benzene rings is 2. The smallest absolute Gasteiger partial charge is 0.244 e. The molecule has 0 saturated heterocycles. The number of amides is 1. The second-order valence-electron chi connectivity index (χ2n) is 6.62. The van der Waals surface area contributed by atoms with Crippen LogP contribution in [-0.2, 0) is 17.1 Å². The maximum absolute atomic E-state index is 14.0. The summed E-state index contributed by atoms with van der Waals surface area (Å²) >= 11 is 7.41. The highest BCUT2D eigenvalue weighted by molar-refractivity contribution is 7.98. The van der Waals surface area contributed by atoms with Gasteiger partial charge in [-0.05, 0) is 35.9 Å². The first-order valence-electron chi connectivity index (χ1n) is 9.35. The summed E-state index contributed by atoms with van der Waals surface area (Å²) in [7, 11) is 1.52. The van der Waals surface area contributed by atoms with Crippen molar-refractivity contribution in [2.24, 2.45) is 0 Å². The number of nitrogens with one attached hydrogen (secondary N) is 1. The molecule has 0 aliphatic carbocycles. The lowest BCUT2D eigenvalue weighted by Crippen LogP contribution is -2.19. The van der Waals surface area contributed by atoms with Gasteiger partial charge in [-0.1, -0.05) is 41.6 Å². The van der Waals surface area contributed by atoms with Gasteiger partial charge in [-0.2, -0.15) is 0 Å². The highest BCUT2D eigenvalue weighted by atomic mass is 35.5. The van der Waals surface area contributed by atoms with E-state index in [1.807, 2.05) is 0 Å². The predicted octanol–water partition coefficient (Wildman–Crippen LogP) is 5.16. The van der Waals surface area contributed by atoms with E-state index in [9.17, 15) is 9.18 Å². The van der Waals surface area contributed by atoms with Crippen LogP contribution in [0.25, 0.3) is 11.0 Å². The second-order valence-corrected chi connectivity index (χ2v) is 8.00. The average molecular weight is 457 g/mol. The van der Waals surface area contributed by atoms with E-state index < -0.39 is 0 Å². The molecule has 0 spiro atoms. The van der Waals surface area contributed by atoms with Crippen molar-refractivity contribution in [3.63, 3.8) is 0 Å². The Bertz CT molecular complexity index is 1250. The summed E-state index contributed by atoms with van der Waals surface area (Å²) in [5.74, 6) is 0.332. The van der Waals surface area contributed by atoms with Crippen LogP contribution in [0.4, 0.5) is 10.1 Å². The summed E-state index contributed by atoms with van der Waals surface area (Å²) < 4.78 is 21.1.